The fraction of sp³-hybridized carbons (Fsp3) is 0.440. The second-order valence-corrected chi connectivity index (χ2v) is 8.27. The molecule has 0 fully saturated rings. The molecular formula is C25H33NO4. The number of esters is 1. The van der Waals surface area contributed by atoms with Gasteiger partial charge in [-0.1, -0.05) is 68.4 Å². The number of methoxy groups -OCH3 is 1. The zero-order chi connectivity index (χ0) is 22.1. The predicted octanol–water partition coefficient (Wildman–Crippen LogP) is 5.05. The molecule has 5 nitrogen and oxygen atoms in total. The van der Waals surface area contributed by atoms with Crippen LogP contribution in [0.15, 0.2) is 53.7 Å². The Hall–Kier alpha value is -2.66. The predicted molar refractivity (Wildman–Crippen MR) is 120 cm³/mol. The summed E-state index contributed by atoms with van der Waals surface area (Å²) < 4.78 is 10.3. The number of benzene rings is 2. The number of hydrogen-bond acceptors (Lipinski definition) is 5. The zero-order valence-electron chi connectivity index (χ0n) is 18.9. The number of carbonyl (C=O) groups excluding carboxylic acids is 1. The molecule has 0 N–H and O–H groups in total. The molecule has 0 aliphatic carbocycles. The van der Waals surface area contributed by atoms with E-state index in [1.807, 2.05) is 38.1 Å². The molecule has 0 saturated carbocycles. The maximum atomic E-state index is 11.9. The highest BCUT2D eigenvalue weighted by molar-refractivity contribution is 5.98. The van der Waals surface area contributed by atoms with Gasteiger partial charge in [0.2, 0.25) is 0 Å². The van der Waals surface area contributed by atoms with Crippen LogP contribution >= 0.6 is 0 Å². The van der Waals surface area contributed by atoms with Crippen molar-refractivity contribution in [1.29, 1.82) is 0 Å². The van der Waals surface area contributed by atoms with Crippen LogP contribution in [0.5, 0.6) is 0 Å². The monoisotopic (exact) mass is 411 g/mol. The van der Waals surface area contributed by atoms with Crippen LogP contribution in [0.4, 0.5) is 0 Å². The largest absolute Gasteiger partial charge is 0.467 e. The standard InChI is InChI=1S/C25H33NO4/c1-7-29-23(24(27)28-6)16-20-9-8-10-21(15-20)18(2)26-30-17-19-11-13-22(14-12-19)25(3,4)5/h8-15,23H,7,16-17H2,1-6H3/b26-18+/t23-/m0/s1. The first kappa shape index (κ1) is 23.6. The Bertz CT molecular complexity index is 850. The molecule has 0 saturated heterocycles. The molecule has 0 aromatic heterocycles. The number of nitrogens with zero attached hydrogens (tertiary/aromatic N) is 1. The molecule has 2 rings (SSSR count). The molecule has 0 amide bonds. The quantitative estimate of drug-likeness (QED) is 0.329. The molecule has 0 unspecified atom stereocenters. The Morgan fingerprint density at radius 1 is 1.07 bits per heavy atom. The normalized spacial score (nSPS) is 13.1. The molecule has 30 heavy (non-hydrogen) atoms. The van der Waals surface area contributed by atoms with Crippen molar-refractivity contribution in [3.8, 4) is 0 Å². The topological polar surface area (TPSA) is 57.1 Å². The minimum absolute atomic E-state index is 0.133. The van der Waals surface area contributed by atoms with Crippen molar-refractivity contribution < 1.29 is 19.1 Å². The minimum Gasteiger partial charge on any atom is -0.467 e. The van der Waals surface area contributed by atoms with Gasteiger partial charge < -0.3 is 14.3 Å². The molecule has 0 heterocycles. The van der Waals surface area contributed by atoms with Gasteiger partial charge in [-0.25, -0.2) is 4.79 Å². The van der Waals surface area contributed by atoms with E-state index < -0.39 is 6.10 Å². The smallest absolute Gasteiger partial charge is 0.335 e. The van der Waals surface area contributed by atoms with Gasteiger partial charge in [0.05, 0.1) is 12.8 Å². The van der Waals surface area contributed by atoms with Crippen LogP contribution in [0.2, 0.25) is 0 Å². The number of ether oxygens (including phenoxy) is 2. The molecule has 162 valence electrons. The number of carbonyl (C=O) groups is 1. The van der Waals surface area contributed by atoms with E-state index in [2.05, 4.69) is 50.2 Å². The Balaban J connectivity index is 2.01. The summed E-state index contributed by atoms with van der Waals surface area (Å²) in [7, 11) is 1.37. The van der Waals surface area contributed by atoms with Gasteiger partial charge in [-0.05, 0) is 47.6 Å². The van der Waals surface area contributed by atoms with Crippen LogP contribution in [0.3, 0.4) is 0 Å². The zero-order valence-corrected chi connectivity index (χ0v) is 18.9. The van der Waals surface area contributed by atoms with Crippen LogP contribution in [-0.4, -0.2) is 31.5 Å². The summed E-state index contributed by atoms with van der Waals surface area (Å²) in [6.45, 7) is 11.2. The van der Waals surface area contributed by atoms with Gasteiger partial charge in [0, 0.05) is 13.0 Å². The first-order valence-corrected chi connectivity index (χ1v) is 10.3. The fourth-order valence-corrected chi connectivity index (χ4v) is 3.04. The second kappa shape index (κ2) is 10.9. The maximum absolute atomic E-state index is 11.9. The van der Waals surface area contributed by atoms with Crippen molar-refractivity contribution in [2.24, 2.45) is 5.16 Å². The van der Waals surface area contributed by atoms with E-state index in [1.165, 1.54) is 12.7 Å². The van der Waals surface area contributed by atoms with Gasteiger partial charge in [0.15, 0.2) is 6.10 Å². The molecular weight excluding hydrogens is 378 g/mol. The van der Waals surface area contributed by atoms with Crippen LogP contribution in [0, 0.1) is 0 Å². The summed E-state index contributed by atoms with van der Waals surface area (Å²) in [5.74, 6) is -0.367. The summed E-state index contributed by atoms with van der Waals surface area (Å²) in [6, 6.07) is 16.3. The second-order valence-electron chi connectivity index (χ2n) is 8.27. The highest BCUT2D eigenvalue weighted by Gasteiger charge is 2.20. The summed E-state index contributed by atoms with van der Waals surface area (Å²) in [6.07, 6.45) is -0.164. The average molecular weight is 412 g/mol. The lowest BCUT2D eigenvalue weighted by atomic mass is 9.87. The lowest BCUT2D eigenvalue weighted by Gasteiger charge is -2.19. The lowest BCUT2D eigenvalue weighted by Crippen LogP contribution is -2.28. The minimum atomic E-state index is -0.611. The SMILES string of the molecule is CCO[C@@H](Cc1cccc(/C(C)=N/OCc2ccc(C(C)(C)C)cc2)c1)C(=O)OC. The number of oxime groups is 1. The lowest BCUT2D eigenvalue weighted by molar-refractivity contribution is -0.153. The number of rotatable bonds is 9. The van der Waals surface area contributed by atoms with E-state index in [9.17, 15) is 4.79 Å². The van der Waals surface area contributed by atoms with Crippen LogP contribution in [0.25, 0.3) is 0 Å². The van der Waals surface area contributed by atoms with Crippen molar-refractivity contribution in [3.63, 3.8) is 0 Å². The first-order valence-electron chi connectivity index (χ1n) is 10.3. The van der Waals surface area contributed by atoms with Crippen molar-refractivity contribution in [2.75, 3.05) is 13.7 Å². The highest BCUT2D eigenvalue weighted by atomic mass is 16.6. The molecule has 5 heteroatoms. The molecule has 2 aromatic rings. The fourth-order valence-electron chi connectivity index (χ4n) is 3.04. The van der Waals surface area contributed by atoms with Crippen molar-refractivity contribution in [3.05, 3.63) is 70.8 Å². The summed E-state index contributed by atoms with van der Waals surface area (Å²) in [5, 5.41) is 4.26. The number of hydrogen-bond donors (Lipinski definition) is 0. The molecule has 0 radical (unpaired) electrons. The highest BCUT2D eigenvalue weighted by Crippen LogP contribution is 2.22. The Morgan fingerprint density at radius 3 is 2.37 bits per heavy atom. The molecule has 2 aromatic carbocycles. The van der Waals surface area contributed by atoms with Gasteiger partial charge in [0.25, 0.3) is 0 Å². The van der Waals surface area contributed by atoms with Crippen LogP contribution in [0.1, 0.15) is 56.9 Å². The van der Waals surface area contributed by atoms with E-state index in [0.29, 0.717) is 19.6 Å². The Kier molecular flexibility index (Phi) is 8.60. The molecule has 0 spiro atoms. The van der Waals surface area contributed by atoms with Gasteiger partial charge >= 0.3 is 5.97 Å². The third-order valence-corrected chi connectivity index (χ3v) is 4.85. The Morgan fingerprint density at radius 2 is 1.77 bits per heavy atom. The van der Waals surface area contributed by atoms with Gasteiger partial charge in [-0.2, -0.15) is 0 Å². The average Bonchev–Trinajstić information content (AvgIpc) is 2.72. The molecule has 0 aliphatic heterocycles. The van der Waals surface area contributed by atoms with Gasteiger partial charge in [0.1, 0.15) is 6.61 Å². The molecule has 0 bridgehead atoms. The maximum Gasteiger partial charge on any atom is 0.335 e. The van der Waals surface area contributed by atoms with E-state index in [-0.39, 0.29) is 11.4 Å². The van der Waals surface area contributed by atoms with Crippen molar-refractivity contribution in [1.82, 2.24) is 0 Å². The van der Waals surface area contributed by atoms with Gasteiger partial charge in [-0.3, -0.25) is 0 Å². The van der Waals surface area contributed by atoms with Crippen LogP contribution in [-0.2, 0) is 37.5 Å². The summed E-state index contributed by atoms with van der Waals surface area (Å²) in [4.78, 5) is 17.5. The van der Waals surface area contributed by atoms with E-state index in [4.69, 9.17) is 14.3 Å². The first-order chi connectivity index (χ1) is 14.2. The third kappa shape index (κ3) is 6.99. The Labute approximate surface area is 180 Å². The van der Waals surface area contributed by atoms with Crippen molar-refractivity contribution in [2.45, 2.75) is 59.2 Å². The molecule has 0 aliphatic rings. The summed E-state index contributed by atoms with van der Waals surface area (Å²) in [5.41, 5.74) is 5.19. The van der Waals surface area contributed by atoms with Crippen LogP contribution < -0.4 is 0 Å². The third-order valence-electron chi connectivity index (χ3n) is 4.85. The van der Waals surface area contributed by atoms with E-state index in [1.54, 1.807) is 0 Å². The summed E-state index contributed by atoms with van der Waals surface area (Å²) >= 11 is 0. The molecule has 1 atom stereocenters. The van der Waals surface area contributed by atoms with E-state index in [0.717, 1.165) is 22.4 Å². The van der Waals surface area contributed by atoms with Crippen molar-refractivity contribution >= 4 is 11.7 Å². The van der Waals surface area contributed by atoms with E-state index >= 15 is 0 Å². The van der Waals surface area contributed by atoms with Gasteiger partial charge in [-0.15, -0.1) is 0 Å².